The molecule has 0 saturated heterocycles. The van der Waals surface area contributed by atoms with E-state index in [1.807, 2.05) is 0 Å². The zero-order chi connectivity index (χ0) is 38.4. The summed E-state index contributed by atoms with van der Waals surface area (Å²) in [5.74, 6) is 0. The average Bonchev–Trinajstić information content (AvgIpc) is 3.64. The molecule has 10 aromatic carbocycles. The van der Waals surface area contributed by atoms with Crippen LogP contribution in [0.5, 0.6) is 0 Å². The van der Waals surface area contributed by atoms with E-state index in [1.165, 1.54) is 76.7 Å². The Morgan fingerprint density at radius 1 is 0.276 bits per heavy atom. The minimum Gasteiger partial charge on any atom is -0.310 e. The van der Waals surface area contributed by atoms with Crippen molar-refractivity contribution in [1.82, 2.24) is 4.57 Å². The molecule has 0 radical (unpaired) electrons. The van der Waals surface area contributed by atoms with Gasteiger partial charge in [0.25, 0.3) is 0 Å². The van der Waals surface area contributed by atoms with E-state index in [1.54, 1.807) is 0 Å². The first-order chi connectivity index (χ1) is 28.7. The predicted octanol–water partition coefficient (Wildman–Crippen LogP) is 15.6. The highest BCUT2D eigenvalue weighted by Gasteiger charge is 2.17. The fraction of sp³-hybridized carbons (Fsp3) is 0. The number of fused-ring (bicyclic) bond motifs is 5. The fourth-order valence-corrected chi connectivity index (χ4v) is 8.71. The summed E-state index contributed by atoms with van der Waals surface area (Å²) in [6.45, 7) is 0. The highest BCUT2D eigenvalue weighted by molar-refractivity contribution is 6.09. The zero-order valence-electron chi connectivity index (χ0n) is 31.8. The van der Waals surface area contributed by atoms with Gasteiger partial charge in [-0.2, -0.15) is 0 Å². The number of hydrogen-bond donors (Lipinski definition) is 0. The molecule has 2 heteroatoms. The van der Waals surface area contributed by atoms with Crippen molar-refractivity contribution in [1.29, 1.82) is 0 Å². The van der Waals surface area contributed by atoms with Crippen LogP contribution in [0.4, 0.5) is 17.1 Å². The minimum absolute atomic E-state index is 1.09. The number of anilines is 3. The van der Waals surface area contributed by atoms with E-state index in [0.29, 0.717) is 0 Å². The summed E-state index contributed by atoms with van der Waals surface area (Å²) in [7, 11) is 0. The third-order valence-corrected chi connectivity index (χ3v) is 11.6. The Morgan fingerprint density at radius 2 is 0.759 bits per heavy atom. The molecule has 1 heterocycles. The Labute approximate surface area is 338 Å². The van der Waals surface area contributed by atoms with E-state index in [9.17, 15) is 0 Å². The SMILES string of the molecule is c1cc(N(c2ccc(-c3ccc(-c4cccc5ccccc45)cc3)cc2)c2ccc(-c3ccc4ccccc4c3)cc2)cc(-n2c3ccccc3c3ccccc32)c1. The summed E-state index contributed by atoms with van der Waals surface area (Å²) >= 11 is 0. The topological polar surface area (TPSA) is 8.17 Å². The third-order valence-electron chi connectivity index (χ3n) is 11.6. The lowest BCUT2D eigenvalue weighted by atomic mass is 9.96. The number of rotatable bonds is 7. The lowest BCUT2D eigenvalue weighted by Gasteiger charge is -2.26. The number of aromatic nitrogens is 1. The second kappa shape index (κ2) is 14.1. The van der Waals surface area contributed by atoms with Gasteiger partial charge in [-0.1, -0.05) is 170 Å². The monoisotopic (exact) mass is 738 g/mol. The Hall–Kier alpha value is -7.68. The van der Waals surface area contributed by atoms with Gasteiger partial charge in [0.15, 0.2) is 0 Å². The van der Waals surface area contributed by atoms with Crippen LogP contribution in [0.2, 0.25) is 0 Å². The molecule has 0 N–H and O–H groups in total. The van der Waals surface area contributed by atoms with E-state index in [2.05, 4.69) is 240 Å². The highest BCUT2D eigenvalue weighted by Crippen LogP contribution is 2.40. The minimum atomic E-state index is 1.09. The molecule has 0 bridgehead atoms. The van der Waals surface area contributed by atoms with Gasteiger partial charge in [0.05, 0.1) is 11.0 Å². The zero-order valence-corrected chi connectivity index (χ0v) is 31.8. The molecule has 0 aliphatic carbocycles. The van der Waals surface area contributed by atoms with Gasteiger partial charge in [0.2, 0.25) is 0 Å². The van der Waals surface area contributed by atoms with Gasteiger partial charge in [-0.15, -0.1) is 0 Å². The van der Waals surface area contributed by atoms with E-state index >= 15 is 0 Å². The largest absolute Gasteiger partial charge is 0.310 e. The summed E-state index contributed by atoms with van der Waals surface area (Å²) in [6.07, 6.45) is 0. The molecule has 58 heavy (non-hydrogen) atoms. The van der Waals surface area contributed by atoms with Gasteiger partial charge in [-0.3, -0.25) is 0 Å². The molecule has 0 unspecified atom stereocenters. The molecule has 0 amide bonds. The van der Waals surface area contributed by atoms with Crippen molar-refractivity contribution in [2.45, 2.75) is 0 Å². The highest BCUT2D eigenvalue weighted by atomic mass is 15.1. The van der Waals surface area contributed by atoms with Crippen molar-refractivity contribution < 1.29 is 0 Å². The van der Waals surface area contributed by atoms with E-state index in [4.69, 9.17) is 0 Å². The van der Waals surface area contributed by atoms with Crippen LogP contribution < -0.4 is 4.90 Å². The second-order valence-electron chi connectivity index (χ2n) is 15.0. The van der Waals surface area contributed by atoms with Gasteiger partial charge in [0, 0.05) is 33.5 Å². The maximum Gasteiger partial charge on any atom is 0.0541 e. The van der Waals surface area contributed by atoms with Gasteiger partial charge in [-0.05, 0) is 116 Å². The molecular weight excluding hydrogens is 701 g/mol. The Morgan fingerprint density at radius 3 is 1.43 bits per heavy atom. The van der Waals surface area contributed by atoms with Crippen LogP contribution in [-0.2, 0) is 0 Å². The van der Waals surface area contributed by atoms with Crippen molar-refractivity contribution in [3.63, 3.8) is 0 Å². The van der Waals surface area contributed by atoms with Crippen molar-refractivity contribution in [2.24, 2.45) is 0 Å². The van der Waals surface area contributed by atoms with Crippen LogP contribution in [0.15, 0.2) is 231 Å². The van der Waals surface area contributed by atoms with Crippen LogP contribution in [0, 0.1) is 0 Å². The summed E-state index contributed by atoms with van der Waals surface area (Å²) in [4.78, 5) is 2.37. The molecule has 1 aromatic heterocycles. The number of hydrogen-bond acceptors (Lipinski definition) is 1. The van der Waals surface area contributed by atoms with Crippen LogP contribution in [-0.4, -0.2) is 4.57 Å². The third kappa shape index (κ3) is 5.91. The van der Waals surface area contributed by atoms with E-state index < -0.39 is 0 Å². The first-order valence-corrected chi connectivity index (χ1v) is 19.9. The first kappa shape index (κ1) is 33.6. The summed E-state index contributed by atoms with van der Waals surface area (Å²) in [6, 6.07) is 83.7. The lowest BCUT2D eigenvalue weighted by Crippen LogP contribution is -2.10. The summed E-state index contributed by atoms with van der Waals surface area (Å²) in [5.41, 5.74) is 14.0. The van der Waals surface area contributed by atoms with Crippen LogP contribution in [0.25, 0.3) is 82.4 Å². The predicted molar refractivity (Wildman–Crippen MR) is 247 cm³/mol. The number of benzene rings is 10. The Bertz CT molecular complexity index is 3200. The molecule has 2 nitrogen and oxygen atoms in total. The molecule has 11 rings (SSSR count). The van der Waals surface area contributed by atoms with E-state index in [0.717, 1.165) is 22.7 Å². The molecule has 0 spiro atoms. The average molecular weight is 739 g/mol. The van der Waals surface area contributed by atoms with Gasteiger partial charge < -0.3 is 9.47 Å². The normalized spacial score (nSPS) is 11.4. The van der Waals surface area contributed by atoms with Crippen LogP contribution >= 0.6 is 0 Å². The standard InChI is InChI=1S/C56H38N2/c1-2-13-45-37-46(28-25-39(45)11-1)42-31-35-48(36-32-42)57(49-15-10-16-50(38-49)58-55-21-7-5-18-53(55)54-19-6-8-22-56(54)58)47-33-29-41(30-34-47)40-23-26-44(27-24-40)52-20-9-14-43-12-3-4-17-51(43)52/h1-38H. The Balaban J connectivity index is 0.987. The van der Waals surface area contributed by atoms with Crippen LogP contribution in [0.3, 0.4) is 0 Å². The maximum absolute atomic E-state index is 2.39. The smallest absolute Gasteiger partial charge is 0.0541 e. The molecule has 0 fully saturated rings. The summed E-state index contributed by atoms with van der Waals surface area (Å²) in [5, 5.41) is 7.54. The molecule has 0 aliphatic heterocycles. The van der Waals surface area contributed by atoms with Crippen molar-refractivity contribution in [3.8, 4) is 39.1 Å². The fourth-order valence-electron chi connectivity index (χ4n) is 8.71. The molecule has 0 aliphatic rings. The first-order valence-electron chi connectivity index (χ1n) is 19.9. The van der Waals surface area contributed by atoms with Gasteiger partial charge >= 0.3 is 0 Å². The van der Waals surface area contributed by atoms with Gasteiger partial charge in [0.1, 0.15) is 0 Å². The number of para-hydroxylation sites is 2. The quantitative estimate of drug-likeness (QED) is 0.158. The van der Waals surface area contributed by atoms with Gasteiger partial charge in [-0.25, -0.2) is 0 Å². The van der Waals surface area contributed by atoms with Crippen molar-refractivity contribution in [2.75, 3.05) is 4.90 Å². The van der Waals surface area contributed by atoms with Crippen LogP contribution in [0.1, 0.15) is 0 Å². The summed E-state index contributed by atoms with van der Waals surface area (Å²) < 4.78 is 2.39. The van der Waals surface area contributed by atoms with Crippen molar-refractivity contribution >= 4 is 60.4 Å². The molecule has 0 atom stereocenters. The maximum atomic E-state index is 2.39. The molecule has 0 saturated carbocycles. The van der Waals surface area contributed by atoms with E-state index in [-0.39, 0.29) is 0 Å². The molecule has 11 aromatic rings. The number of nitrogens with zero attached hydrogens (tertiary/aromatic N) is 2. The lowest BCUT2D eigenvalue weighted by molar-refractivity contribution is 1.17. The Kier molecular flexibility index (Phi) is 8.19. The second-order valence-corrected chi connectivity index (χ2v) is 15.0. The van der Waals surface area contributed by atoms with Crippen molar-refractivity contribution in [3.05, 3.63) is 231 Å². The molecule has 272 valence electrons. The molecular formula is C56H38N2.